The molecule has 0 saturated heterocycles. The Kier molecular flexibility index (Phi) is 5.20. The number of rotatable bonds is 5. The molecule has 0 radical (unpaired) electrons. The lowest BCUT2D eigenvalue weighted by Gasteiger charge is -2.18. The lowest BCUT2D eigenvalue weighted by Crippen LogP contribution is -2.24. The van der Waals surface area contributed by atoms with Crippen LogP contribution in [0.1, 0.15) is 30.0 Å². The highest BCUT2D eigenvalue weighted by atomic mass is 79.9. The number of hydrogen-bond acceptors (Lipinski definition) is 3. The van der Waals surface area contributed by atoms with Crippen LogP contribution in [0.4, 0.5) is 4.39 Å². The molecule has 1 aromatic heterocycles. The highest BCUT2D eigenvalue weighted by molar-refractivity contribution is 9.10. The standard InChI is InChI=1S/C15H17BrFN3/c1-3-18-15(14-6-7-19-10(2)20-14)9-11-8-12(17)4-5-13(11)16/h4-8,15,18H,3,9H2,1-2H3. The quantitative estimate of drug-likeness (QED) is 0.906. The van der Waals surface area contributed by atoms with Gasteiger partial charge in [-0.2, -0.15) is 0 Å². The molecule has 0 fully saturated rings. The van der Waals surface area contributed by atoms with Crippen LogP contribution in [0.2, 0.25) is 0 Å². The lowest BCUT2D eigenvalue weighted by atomic mass is 10.0. The Balaban J connectivity index is 2.27. The maximum Gasteiger partial charge on any atom is 0.125 e. The molecule has 1 heterocycles. The highest BCUT2D eigenvalue weighted by Gasteiger charge is 2.15. The van der Waals surface area contributed by atoms with Crippen molar-refractivity contribution in [2.75, 3.05) is 6.54 Å². The Morgan fingerprint density at radius 2 is 2.15 bits per heavy atom. The van der Waals surface area contributed by atoms with Gasteiger partial charge in [0.1, 0.15) is 11.6 Å². The Bertz CT molecular complexity index is 589. The van der Waals surface area contributed by atoms with Crippen LogP contribution >= 0.6 is 15.9 Å². The smallest absolute Gasteiger partial charge is 0.125 e. The predicted molar refractivity (Wildman–Crippen MR) is 81.0 cm³/mol. The average Bonchev–Trinajstić information content (AvgIpc) is 2.42. The molecule has 0 saturated carbocycles. The van der Waals surface area contributed by atoms with Crippen LogP contribution in [-0.2, 0) is 6.42 Å². The molecule has 1 aromatic carbocycles. The fraction of sp³-hybridized carbons (Fsp3) is 0.333. The Morgan fingerprint density at radius 1 is 1.35 bits per heavy atom. The van der Waals surface area contributed by atoms with Gasteiger partial charge in [-0.15, -0.1) is 0 Å². The first-order valence-corrected chi connectivity index (χ1v) is 7.36. The fourth-order valence-electron chi connectivity index (χ4n) is 2.12. The second-order valence-electron chi connectivity index (χ2n) is 4.58. The van der Waals surface area contributed by atoms with Gasteiger partial charge in [0.05, 0.1) is 11.7 Å². The molecule has 20 heavy (non-hydrogen) atoms. The average molecular weight is 338 g/mol. The summed E-state index contributed by atoms with van der Waals surface area (Å²) in [4.78, 5) is 8.57. The van der Waals surface area contributed by atoms with Crippen molar-refractivity contribution in [2.24, 2.45) is 0 Å². The molecule has 2 rings (SSSR count). The van der Waals surface area contributed by atoms with Gasteiger partial charge in [0.2, 0.25) is 0 Å². The van der Waals surface area contributed by atoms with Crippen molar-refractivity contribution in [2.45, 2.75) is 26.3 Å². The molecule has 106 valence electrons. The number of aromatic nitrogens is 2. The molecule has 2 aromatic rings. The van der Waals surface area contributed by atoms with Gasteiger partial charge in [0.25, 0.3) is 0 Å². The van der Waals surface area contributed by atoms with Gasteiger partial charge in [-0.25, -0.2) is 14.4 Å². The van der Waals surface area contributed by atoms with Crippen molar-refractivity contribution >= 4 is 15.9 Å². The summed E-state index contributed by atoms with van der Waals surface area (Å²) in [5.41, 5.74) is 1.85. The van der Waals surface area contributed by atoms with E-state index in [1.165, 1.54) is 6.07 Å². The first-order valence-electron chi connectivity index (χ1n) is 6.57. The van der Waals surface area contributed by atoms with E-state index in [-0.39, 0.29) is 11.9 Å². The zero-order valence-electron chi connectivity index (χ0n) is 11.5. The summed E-state index contributed by atoms with van der Waals surface area (Å²) >= 11 is 3.47. The Morgan fingerprint density at radius 3 is 2.85 bits per heavy atom. The van der Waals surface area contributed by atoms with Crippen molar-refractivity contribution in [3.63, 3.8) is 0 Å². The topological polar surface area (TPSA) is 37.8 Å². The van der Waals surface area contributed by atoms with Gasteiger partial charge >= 0.3 is 0 Å². The number of aryl methyl sites for hydroxylation is 1. The second kappa shape index (κ2) is 6.90. The van der Waals surface area contributed by atoms with Gasteiger partial charge in [0.15, 0.2) is 0 Å². The molecule has 0 amide bonds. The summed E-state index contributed by atoms with van der Waals surface area (Å²) in [5.74, 6) is 0.515. The minimum absolute atomic E-state index is 0.0415. The summed E-state index contributed by atoms with van der Waals surface area (Å²) in [6.07, 6.45) is 2.42. The summed E-state index contributed by atoms with van der Waals surface area (Å²) in [6, 6.07) is 6.68. The van der Waals surface area contributed by atoms with Gasteiger partial charge in [-0.05, 0) is 49.7 Å². The van der Waals surface area contributed by atoms with Gasteiger partial charge in [-0.3, -0.25) is 0 Å². The van der Waals surface area contributed by atoms with Gasteiger partial charge < -0.3 is 5.32 Å². The van der Waals surface area contributed by atoms with E-state index in [1.807, 2.05) is 19.9 Å². The van der Waals surface area contributed by atoms with Crippen molar-refractivity contribution < 1.29 is 4.39 Å². The van der Waals surface area contributed by atoms with E-state index in [2.05, 4.69) is 31.2 Å². The zero-order valence-corrected chi connectivity index (χ0v) is 13.1. The van der Waals surface area contributed by atoms with E-state index in [0.29, 0.717) is 6.42 Å². The molecule has 0 aliphatic rings. The minimum Gasteiger partial charge on any atom is -0.309 e. The van der Waals surface area contributed by atoms with Gasteiger partial charge in [-0.1, -0.05) is 22.9 Å². The monoisotopic (exact) mass is 337 g/mol. The largest absolute Gasteiger partial charge is 0.309 e. The van der Waals surface area contributed by atoms with E-state index in [0.717, 1.165) is 28.1 Å². The SMILES string of the molecule is CCNC(Cc1cc(F)ccc1Br)c1ccnc(C)n1. The molecular formula is C15H17BrFN3. The fourth-order valence-corrected chi connectivity index (χ4v) is 2.52. The highest BCUT2D eigenvalue weighted by Crippen LogP contribution is 2.24. The molecule has 3 nitrogen and oxygen atoms in total. The van der Waals surface area contributed by atoms with E-state index in [1.54, 1.807) is 18.3 Å². The Hall–Kier alpha value is -1.33. The molecule has 1 atom stereocenters. The van der Waals surface area contributed by atoms with Crippen molar-refractivity contribution in [1.82, 2.24) is 15.3 Å². The van der Waals surface area contributed by atoms with Crippen LogP contribution in [-0.4, -0.2) is 16.5 Å². The first kappa shape index (κ1) is 15.1. The number of halogens is 2. The van der Waals surface area contributed by atoms with Crippen LogP contribution in [0.5, 0.6) is 0 Å². The van der Waals surface area contributed by atoms with E-state index in [9.17, 15) is 4.39 Å². The second-order valence-corrected chi connectivity index (χ2v) is 5.43. The van der Waals surface area contributed by atoms with E-state index >= 15 is 0 Å². The lowest BCUT2D eigenvalue weighted by molar-refractivity contribution is 0.530. The van der Waals surface area contributed by atoms with Crippen LogP contribution in [0.15, 0.2) is 34.9 Å². The summed E-state index contributed by atoms with van der Waals surface area (Å²) in [5, 5.41) is 3.39. The van der Waals surface area contributed by atoms with E-state index < -0.39 is 0 Å². The maximum absolute atomic E-state index is 13.4. The van der Waals surface area contributed by atoms with Crippen molar-refractivity contribution in [3.8, 4) is 0 Å². The van der Waals surface area contributed by atoms with Crippen LogP contribution in [0, 0.1) is 12.7 Å². The summed E-state index contributed by atoms with van der Waals surface area (Å²) in [7, 11) is 0. The number of hydrogen-bond donors (Lipinski definition) is 1. The molecule has 1 N–H and O–H groups in total. The molecular weight excluding hydrogens is 321 g/mol. The molecule has 5 heteroatoms. The Labute approximate surface area is 126 Å². The van der Waals surface area contributed by atoms with Gasteiger partial charge in [0, 0.05) is 10.7 Å². The first-order chi connectivity index (χ1) is 9.60. The molecule has 0 spiro atoms. The summed E-state index contributed by atoms with van der Waals surface area (Å²) < 4.78 is 14.3. The predicted octanol–water partition coefficient (Wildman–Crippen LogP) is 3.58. The zero-order chi connectivity index (χ0) is 14.5. The molecule has 0 aliphatic heterocycles. The number of likely N-dealkylation sites (N-methyl/N-ethyl adjacent to an activating group) is 1. The van der Waals surface area contributed by atoms with Crippen molar-refractivity contribution in [3.05, 3.63) is 57.8 Å². The number of nitrogens with one attached hydrogen (secondary N) is 1. The number of benzene rings is 1. The molecule has 1 unspecified atom stereocenters. The van der Waals surface area contributed by atoms with E-state index in [4.69, 9.17) is 0 Å². The normalized spacial score (nSPS) is 12.4. The van der Waals surface area contributed by atoms with Crippen LogP contribution in [0.3, 0.4) is 0 Å². The van der Waals surface area contributed by atoms with Crippen molar-refractivity contribution in [1.29, 1.82) is 0 Å². The third kappa shape index (κ3) is 3.84. The minimum atomic E-state index is -0.225. The summed E-state index contributed by atoms with van der Waals surface area (Å²) in [6.45, 7) is 4.73. The van der Waals surface area contributed by atoms with Crippen LogP contribution in [0.25, 0.3) is 0 Å². The third-order valence-electron chi connectivity index (χ3n) is 3.04. The molecule has 0 bridgehead atoms. The maximum atomic E-state index is 13.4. The third-order valence-corrected chi connectivity index (χ3v) is 3.81. The number of nitrogens with zero attached hydrogens (tertiary/aromatic N) is 2. The molecule has 0 aliphatic carbocycles. The van der Waals surface area contributed by atoms with Crippen LogP contribution < -0.4 is 5.32 Å².